The smallest absolute Gasteiger partial charge is 0.0205 e. The molecule has 2 rings (SSSR count). The number of aryl methyl sites for hydroxylation is 1. The number of nitrogens with zero attached hydrogens (tertiary/aromatic N) is 1. The summed E-state index contributed by atoms with van der Waals surface area (Å²) in [4.78, 5) is 2.55. The molecule has 1 aliphatic heterocycles. The van der Waals surface area contributed by atoms with Crippen LogP contribution in [-0.2, 0) is 13.0 Å². The fourth-order valence-corrected chi connectivity index (χ4v) is 2.49. The summed E-state index contributed by atoms with van der Waals surface area (Å²) in [5.41, 5.74) is 2.81. The van der Waals surface area contributed by atoms with Crippen molar-refractivity contribution >= 4 is 0 Å². The van der Waals surface area contributed by atoms with Crippen LogP contribution in [0.1, 0.15) is 24.5 Å². The van der Waals surface area contributed by atoms with Gasteiger partial charge in [0.2, 0.25) is 0 Å². The Balaban J connectivity index is 1.55. The maximum atomic E-state index is 3.54. The van der Waals surface area contributed by atoms with Crippen LogP contribution < -0.4 is 10.6 Å². The minimum atomic E-state index is 0.992. The van der Waals surface area contributed by atoms with Crippen LogP contribution in [0.15, 0.2) is 24.3 Å². The van der Waals surface area contributed by atoms with Crippen molar-refractivity contribution in [1.82, 2.24) is 15.5 Å². The zero-order chi connectivity index (χ0) is 13.3. The zero-order valence-corrected chi connectivity index (χ0v) is 12.1. The minimum Gasteiger partial charge on any atom is -0.314 e. The summed E-state index contributed by atoms with van der Waals surface area (Å²) < 4.78 is 0. The van der Waals surface area contributed by atoms with Crippen molar-refractivity contribution in [2.24, 2.45) is 0 Å². The molecule has 0 atom stereocenters. The Morgan fingerprint density at radius 3 is 2.47 bits per heavy atom. The van der Waals surface area contributed by atoms with Crippen molar-refractivity contribution in [3.8, 4) is 0 Å². The summed E-state index contributed by atoms with van der Waals surface area (Å²) in [6.07, 6.45) is 2.37. The molecule has 0 aromatic heterocycles. The maximum absolute atomic E-state index is 3.54. The van der Waals surface area contributed by atoms with Crippen molar-refractivity contribution < 1.29 is 0 Å². The molecule has 106 valence electrons. The monoisotopic (exact) mass is 261 g/mol. The molecule has 19 heavy (non-hydrogen) atoms. The van der Waals surface area contributed by atoms with E-state index in [-0.39, 0.29) is 0 Å². The van der Waals surface area contributed by atoms with Gasteiger partial charge in [-0.3, -0.25) is 0 Å². The molecule has 0 spiro atoms. The van der Waals surface area contributed by atoms with Gasteiger partial charge in [-0.25, -0.2) is 0 Å². The first kappa shape index (κ1) is 14.5. The normalized spacial score (nSPS) is 16.7. The summed E-state index contributed by atoms with van der Waals surface area (Å²) in [7, 11) is 0. The topological polar surface area (TPSA) is 27.3 Å². The number of nitrogens with one attached hydrogen (secondary N) is 2. The zero-order valence-electron chi connectivity index (χ0n) is 12.1. The van der Waals surface area contributed by atoms with Gasteiger partial charge in [-0.1, -0.05) is 31.2 Å². The first-order valence-corrected chi connectivity index (χ1v) is 7.60. The summed E-state index contributed by atoms with van der Waals surface area (Å²) in [6.45, 7) is 10.2. The van der Waals surface area contributed by atoms with Crippen LogP contribution in [0, 0.1) is 0 Å². The van der Waals surface area contributed by atoms with Crippen molar-refractivity contribution in [3.05, 3.63) is 35.4 Å². The lowest BCUT2D eigenvalue weighted by molar-refractivity contribution is 0.237. The second-order valence-corrected chi connectivity index (χ2v) is 5.29. The van der Waals surface area contributed by atoms with E-state index in [4.69, 9.17) is 0 Å². The summed E-state index contributed by atoms with van der Waals surface area (Å²) in [5, 5.41) is 6.93. The lowest BCUT2D eigenvalue weighted by atomic mass is 10.1. The highest BCUT2D eigenvalue weighted by molar-refractivity contribution is 5.22. The van der Waals surface area contributed by atoms with Gasteiger partial charge < -0.3 is 15.5 Å². The van der Waals surface area contributed by atoms with Crippen LogP contribution in [0.2, 0.25) is 0 Å². The van der Waals surface area contributed by atoms with Crippen molar-refractivity contribution in [1.29, 1.82) is 0 Å². The molecule has 0 amide bonds. The first-order chi connectivity index (χ1) is 9.38. The van der Waals surface area contributed by atoms with Gasteiger partial charge in [0.25, 0.3) is 0 Å². The van der Waals surface area contributed by atoms with E-state index < -0.39 is 0 Å². The Morgan fingerprint density at radius 1 is 1.11 bits per heavy atom. The summed E-state index contributed by atoms with van der Waals surface area (Å²) in [5.74, 6) is 0. The average Bonchev–Trinajstić information content (AvgIpc) is 2.49. The molecule has 0 aliphatic carbocycles. The van der Waals surface area contributed by atoms with Crippen LogP contribution >= 0.6 is 0 Å². The Kier molecular flexibility index (Phi) is 6.34. The molecule has 2 N–H and O–H groups in total. The van der Waals surface area contributed by atoms with Gasteiger partial charge in [0.15, 0.2) is 0 Å². The highest BCUT2D eigenvalue weighted by Crippen LogP contribution is 2.04. The van der Waals surface area contributed by atoms with Crippen LogP contribution in [0.5, 0.6) is 0 Å². The van der Waals surface area contributed by atoms with Gasteiger partial charge >= 0.3 is 0 Å². The predicted octanol–water partition coefficient (Wildman–Crippen LogP) is 1.63. The van der Waals surface area contributed by atoms with E-state index in [1.54, 1.807) is 0 Å². The highest BCUT2D eigenvalue weighted by Gasteiger charge is 2.07. The molecule has 0 bridgehead atoms. The number of rotatable bonds is 7. The summed E-state index contributed by atoms with van der Waals surface area (Å²) in [6, 6.07) is 8.94. The fraction of sp³-hybridized carbons (Fsp3) is 0.625. The first-order valence-electron chi connectivity index (χ1n) is 7.60. The van der Waals surface area contributed by atoms with Gasteiger partial charge in [0, 0.05) is 32.7 Å². The van der Waals surface area contributed by atoms with Crippen LogP contribution in [0.3, 0.4) is 0 Å². The highest BCUT2D eigenvalue weighted by atomic mass is 15.2. The molecular formula is C16H27N3. The van der Waals surface area contributed by atoms with Gasteiger partial charge in [-0.2, -0.15) is 0 Å². The molecule has 0 unspecified atom stereocenters. The molecule has 0 saturated carbocycles. The number of benzene rings is 1. The minimum absolute atomic E-state index is 0.992. The number of hydrogen-bond donors (Lipinski definition) is 2. The molecule has 1 aromatic carbocycles. The Bertz CT molecular complexity index is 342. The van der Waals surface area contributed by atoms with Gasteiger partial charge in [0.1, 0.15) is 0 Å². The summed E-state index contributed by atoms with van der Waals surface area (Å²) >= 11 is 0. The Labute approximate surface area is 117 Å². The van der Waals surface area contributed by atoms with Gasteiger partial charge in [-0.05, 0) is 37.1 Å². The molecule has 3 heteroatoms. The van der Waals surface area contributed by atoms with E-state index in [1.165, 1.54) is 37.2 Å². The number of hydrogen-bond acceptors (Lipinski definition) is 3. The molecule has 1 fully saturated rings. The lowest BCUT2D eigenvalue weighted by Crippen LogP contribution is -2.44. The van der Waals surface area contributed by atoms with Gasteiger partial charge in [0.05, 0.1) is 0 Å². The SMILES string of the molecule is CCc1ccc(CNCCCN2CCNCC2)cc1. The van der Waals surface area contributed by atoms with Gasteiger partial charge in [-0.15, -0.1) is 0 Å². The molecular weight excluding hydrogens is 234 g/mol. The largest absolute Gasteiger partial charge is 0.314 e. The van der Waals surface area contributed by atoms with E-state index in [0.29, 0.717) is 0 Å². The molecule has 1 aliphatic rings. The molecule has 3 nitrogen and oxygen atoms in total. The predicted molar refractivity (Wildman–Crippen MR) is 81.5 cm³/mol. The van der Waals surface area contributed by atoms with E-state index in [0.717, 1.165) is 32.6 Å². The van der Waals surface area contributed by atoms with Crippen LogP contribution in [0.25, 0.3) is 0 Å². The van der Waals surface area contributed by atoms with Crippen LogP contribution in [-0.4, -0.2) is 44.2 Å². The Hall–Kier alpha value is -0.900. The third-order valence-corrected chi connectivity index (χ3v) is 3.80. The van der Waals surface area contributed by atoms with Crippen LogP contribution in [0.4, 0.5) is 0 Å². The van der Waals surface area contributed by atoms with E-state index in [1.807, 2.05) is 0 Å². The average molecular weight is 261 g/mol. The standard InChI is InChI=1S/C16H27N3/c1-2-15-4-6-16(7-5-15)14-18-8-3-11-19-12-9-17-10-13-19/h4-7,17-18H,2-3,8-14H2,1H3. The van der Waals surface area contributed by atoms with Crippen molar-refractivity contribution in [2.75, 3.05) is 39.3 Å². The lowest BCUT2D eigenvalue weighted by Gasteiger charge is -2.27. The quantitative estimate of drug-likeness (QED) is 0.731. The third-order valence-electron chi connectivity index (χ3n) is 3.80. The molecule has 0 radical (unpaired) electrons. The molecule has 1 aromatic rings. The number of piperazine rings is 1. The maximum Gasteiger partial charge on any atom is 0.0205 e. The van der Waals surface area contributed by atoms with Crippen molar-refractivity contribution in [3.63, 3.8) is 0 Å². The third kappa shape index (κ3) is 5.31. The second kappa shape index (κ2) is 8.31. The molecule has 1 saturated heterocycles. The van der Waals surface area contributed by atoms with Crippen molar-refractivity contribution in [2.45, 2.75) is 26.3 Å². The second-order valence-electron chi connectivity index (χ2n) is 5.29. The Morgan fingerprint density at radius 2 is 1.79 bits per heavy atom. The molecule has 1 heterocycles. The fourth-order valence-electron chi connectivity index (χ4n) is 2.49. The van der Waals surface area contributed by atoms with E-state index >= 15 is 0 Å². The van der Waals surface area contributed by atoms with E-state index in [9.17, 15) is 0 Å². The van der Waals surface area contributed by atoms with E-state index in [2.05, 4.69) is 46.7 Å².